The molecule has 2 heterocycles. The van der Waals surface area contributed by atoms with Crippen molar-refractivity contribution in [3.05, 3.63) is 88.8 Å². The average Bonchev–Trinajstić information content (AvgIpc) is 3.59. The number of hydrogen-bond donors (Lipinski definition) is 2. The Kier molecular flexibility index (Phi) is 7.66. The van der Waals surface area contributed by atoms with Gasteiger partial charge in [0, 0.05) is 17.2 Å². The minimum atomic E-state index is -0.599. The molecule has 2 amide bonds. The largest absolute Gasteiger partial charge is 0.493 e. The SMILES string of the molecule is COc1ccc(C(=O)N/C(=C\c2ccco2)C(=O)NCc2nc(-c3ccccc3Cl)no2)cc1OC. The molecule has 11 heteroatoms. The maximum atomic E-state index is 13.0. The van der Waals surface area contributed by atoms with E-state index in [0.29, 0.717) is 27.8 Å². The van der Waals surface area contributed by atoms with Crippen LogP contribution in [0.2, 0.25) is 5.02 Å². The lowest BCUT2D eigenvalue weighted by molar-refractivity contribution is -0.118. The average molecular weight is 509 g/mol. The molecule has 4 rings (SSSR count). The van der Waals surface area contributed by atoms with Crippen molar-refractivity contribution in [1.82, 2.24) is 20.8 Å². The third-order valence-electron chi connectivity index (χ3n) is 4.95. The van der Waals surface area contributed by atoms with Crippen molar-refractivity contribution in [2.75, 3.05) is 14.2 Å². The molecule has 2 aromatic carbocycles. The number of ether oxygens (including phenoxy) is 2. The fourth-order valence-corrected chi connectivity index (χ4v) is 3.40. The predicted molar refractivity (Wildman–Crippen MR) is 130 cm³/mol. The lowest BCUT2D eigenvalue weighted by Crippen LogP contribution is -2.34. The van der Waals surface area contributed by atoms with E-state index < -0.39 is 11.8 Å². The Morgan fingerprint density at radius 1 is 1.06 bits per heavy atom. The number of methoxy groups -OCH3 is 2. The summed E-state index contributed by atoms with van der Waals surface area (Å²) in [4.78, 5) is 30.1. The molecule has 2 N–H and O–H groups in total. The molecular formula is C25H21ClN4O6. The van der Waals surface area contributed by atoms with Gasteiger partial charge in [-0.3, -0.25) is 9.59 Å². The summed E-state index contributed by atoms with van der Waals surface area (Å²) in [5.41, 5.74) is 0.795. The molecule has 0 fully saturated rings. The Morgan fingerprint density at radius 3 is 2.58 bits per heavy atom. The number of nitrogens with one attached hydrogen (secondary N) is 2. The number of aromatic nitrogens is 2. The minimum Gasteiger partial charge on any atom is -0.493 e. The zero-order valence-electron chi connectivity index (χ0n) is 19.3. The summed E-state index contributed by atoms with van der Waals surface area (Å²) in [6.45, 7) is -0.0853. The second-order valence-corrected chi connectivity index (χ2v) is 7.68. The zero-order chi connectivity index (χ0) is 25.5. The Labute approximate surface area is 210 Å². The Morgan fingerprint density at radius 2 is 1.86 bits per heavy atom. The van der Waals surface area contributed by atoms with E-state index in [1.165, 1.54) is 32.6 Å². The molecule has 4 aromatic rings. The second kappa shape index (κ2) is 11.2. The molecule has 0 aliphatic carbocycles. The fourth-order valence-electron chi connectivity index (χ4n) is 3.18. The van der Waals surface area contributed by atoms with Crippen LogP contribution in [0.15, 0.2) is 75.5 Å². The predicted octanol–water partition coefficient (Wildman–Crippen LogP) is 4.09. The van der Waals surface area contributed by atoms with Crippen molar-refractivity contribution < 1.29 is 28.0 Å². The standard InChI is InChI=1S/C25H21ClN4O6/c1-33-20-10-9-15(12-21(20)34-2)24(31)28-19(13-16-6-5-11-35-16)25(32)27-14-22-29-23(30-36-22)17-7-3-4-8-18(17)26/h3-13H,14H2,1-2H3,(H,27,32)(H,28,31)/b19-13-. The van der Waals surface area contributed by atoms with Crippen LogP contribution in [0.1, 0.15) is 22.0 Å². The van der Waals surface area contributed by atoms with Gasteiger partial charge >= 0.3 is 0 Å². The molecule has 2 aromatic heterocycles. The van der Waals surface area contributed by atoms with Crippen LogP contribution in [0, 0.1) is 0 Å². The van der Waals surface area contributed by atoms with Gasteiger partial charge in [0.2, 0.25) is 11.7 Å². The van der Waals surface area contributed by atoms with Crippen LogP contribution in [-0.2, 0) is 11.3 Å². The van der Waals surface area contributed by atoms with Gasteiger partial charge in [-0.15, -0.1) is 0 Å². The van der Waals surface area contributed by atoms with Crippen LogP contribution in [0.3, 0.4) is 0 Å². The topological polar surface area (TPSA) is 129 Å². The summed E-state index contributed by atoms with van der Waals surface area (Å²) in [7, 11) is 2.96. The summed E-state index contributed by atoms with van der Waals surface area (Å²) in [6, 6.07) is 15.0. The molecule has 36 heavy (non-hydrogen) atoms. The molecule has 0 bridgehead atoms. The van der Waals surface area contributed by atoms with Gasteiger partial charge in [0.15, 0.2) is 11.5 Å². The summed E-state index contributed by atoms with van der Waals surface area (Å²) >= 11 is 6.18. The highest BCUT2D eigenvalue weighted by atomic mass is 35.5. The summed E-state index contributed by atoms with van der Waals surface area (Å²) in [5.74, 6) is 0.512. The first-order valence-electron chi connectivity index (χ1n) is 10.6. The lowest BCUT2D eigenvalue weighted by atomic mass is 10.1. The molecular weight excluding hydrogens is 488 g/mol. The zero-order valence-corrected chi connectivity index (χ0v) is 20.0. The molecule has 0 spiro atoms. The van der Waals surface area contributed by atoms with Crippen molar-refractivity contribution in [2.45, 2.75) is 6.54 Å². The van der Waals surface area contributed by atoms with Gasteiger partial charge in [0.1, 0.15) is 11.5 Å². The van der Waals surface area contributed by atoms with E-state index in [4.69, 9.17) is 30.0 Å². The third-order valence-corrected chi connectivity index (χ3v) is 5.28. The van der Waals surface area contributed by atoms with E-state index in [9.17, 15) is 9.59 Å². The normalized spacial score (nSPS) is 11.1. The number of carbonyl (C=O) groups excluding carboxylic acids is 2. The first kappa shape index (κ1) is 24.6. The van der Waals surface area contributed by atoms with Crippen molar-refractivity contribution in [3.8, 4) is 22.9 Å². The first-order valence-corrected chi connectivity index (χ1v) is 11.0. The maximum absolute atomic E-state index is 13.0. The van der Waals surface area contributed by atoms with E-state index >= 15 is 0 Å². The van der Waals surface area contributed by atoms with Crippen molar-refractivity contribution in [1.29, 1.82) is 0 Å². The van der Waals surface area contributed by atoms with Crippen LogP contribution in [0.4, 0.5) is 0 Å². The number of carbonyl (C=O) groups is 2. The molecule has 10 nitrogen and oxygen atoms in total. The molecule has 184 valence electrons. The first-order chi connectivity index (χ1) is 17.5. The van der Waals surface area contributed by atoms with Crippen LogP contribution in [0.25, 0.3) is 17.5 Å². The summed E-state index contributed by atoms with van der Waals surface area (Å²) in [5, 5.41) is 9.63. The van der Waals surface area contributed by atoms with Gasteiger partial charge in [-0.2, -0.15) is 4.98 Å². The number of benzene rings is 2. The minimum absolute atomic E-state index is 0.0597. The highest BCUT2D eigenvalue weighted by Gasteiger charge is 2.18. The maximum Gasteiger partial charge on any atom is 0.268 e. The molecule has 0 radical (unpaired) electrons. The van der Waals surface area contributed by atoms with Crippen molar-refractivity contribution >= 4 is 29.5 Å². The molecule has 0 unspecified atom stereocenters. The van der Waals surface area contributed by atoms with E-state index in [-0.39, 0.29) is 29.5 Å². The highest BCUT2D eigenvalue weighted by molar-refractivity contribution is 6.33. The molecule has 0 aliphatic rings. The number of furan rings is 1. The van der Waals surface area contributed by atoms with Gasteiger partial charge in [-0.1, -0.05) is 28.9 Å². The molecule has 0 aliphatic heterocycles. The van der Waals surface area contributed by atoms with Gasteiger partial charge in [0.05, 0.1) is 32.1 Å². The smallest absolute Gasteiger partial charge is 0.268 e. The van der Waals surface area contributed by atoms with Crippen LogP contribution >= 0.6 is 11.6 Å². The van der Waals surface area contributed by atoms with E-state index in [0.717, 1.165) is 0 Å². The Bertz CT molecular complexity index is 1400. The number of rotatable bonds is 9. The fraction of sp³-hybridized carbons (Fsp3) is 0.120. The Hall–Kier alpha value is -4.57. The molecule has 0 saturated carbocycles. The lowest BCUT2D eigenvalue weighted by Gasteiger charge is -2.12. The summed E-state index contributed by atoms with van der Waals surface area (Å²) < 4.78 is 21.0. The van der Waals surface area contributed by atoms with E-state index in [2.05, 4.69) is 20.8 Å². The number of halogens is 1. The second-order valence-electron chi connectivity index (χ2n) is 7.27. The van der Waals surface area contributed by atoms with Crippen LogP contribution in [-0.4, -0.2) is 36.2 Å². The quantitative estimate of drug-likeness (QED) is 0.323. The summed E-state index contributed by atoms with van der Waals surface area (Å²) in [6.07, 6.45) is 2.85. The highest BCUT2D eigenvalue weighted by Crippen LogP contribution is 2.28. The van der Waals surface area contributed by atoms with Crippen molar-refractivity contribution in [2.24, 2.45) is 0 Å². The van der Waals surface area contributed by atoms with E-state index in [1.807, 2.05) is 0 Å². The van der Waals surface area contributed by atoms with E-state index in [1.54, 1.807) is 48.5 Å². The van der Waals surface area contributed by atoms with Gasteiger partial charge in [-0.25, -0.2) is 0 Å². The van der Waals surface area contributed by atoms with Gasteiger partial charge in [0.25, 0.3) is 11.8 Å². The molecule has 0 saturated heterocycles. The number of nitrogens with zero attached hydrogens (tertiary/aromatic N) is 2. The van der Waals surface area contributed by atoms with Gasteiger partial charge in [-0.05, 0) is 42.5 Å². The van der Waals surface area contributed by atoms with Crippen LogP contribution in [0.5, 0.6) is 11.5 Å². The number of hydrogen-bond acceptors (Lipinski definition) is 8. The molecule has 0 atom stereocenters. The van der Waals surface area contributed by atoms with Gasteiger partial charge < -0.3 is 29.0 Å². The Balaban J connectivity index is 1.49. The third kappa shape index (κ3) is 5.73. The van der Waals surface area contributed by atoms with Crippen LogP contribution < -0.4 is 20.1 Å². The number of amides is 2. The monoisotopic (exact) mass is 508 g/mol. The van der Waals surface area contributed by atoms with Crippen molar-refractivity contribution in [3.63, 3.8) is 0 Å².